The SMILES string of the molecule is COCC1=C2[C@@H](CC/C(=C/c3cc(Br)ccc3O)c3ccccn3)OB(O)C[C@@H]2[C@@H]2C(=O)N(c3cccc([N+](=O)[O-])c3)C(=O)[C@@H]2C1. The van der Waals surface area contributed by atoms with E-state index in [1.807, 2.05) is 30.3 Å². The van der Waals surface area contributed by atoms with Crippen molar-refractivity contribution in [2.75, 3.05) is 18.6 Å². The van der Waals surface area contributed by atoms with E-state index in [4.69, 9.17) is 9.39 Å². The largest absolute Gasteiger partial charge is 0.507 e. The van der Waals surface area contributed by atoms with Gasteiger partial charge in [0.2, 0.25) is 11.8 Å². The van der Waals surface area contributed by atoms with Crippen LogP contribution in [0.2, 0.25) is 6.32 Å². The normalized spacial score (nSPS) is 23.1. The predicted octanol–water partition coefficient (Wildman–Crippen LogP) is 5.43. The molecular weight excluding hydrogens is 657 g/mol. The number of carbonyl (C=O) groups is 2. The molecule has 0 saturated carbocycles. The molecule has 3 aliphatic rings. The highest BCUT2D eigenvalue weighted by Gasteiger charge is 2.57. The summed E-state index contributed by atoms with van der Waals surface area (Å²) in [4.78, 5) is 44.2. The van der Waals surface area contributed by atoms with Gasteiger partial charge in [-0.2, -0.15) is 0 Å². The molecule has 2 fully saturated rings. The zero-order valence-corrected chi connectivity index (χ0v) is 26.5. The van der Waals surface area contributed by atoms with Crippen molar-refractivity contribution in [1.82, 2.24) is 4.98 Å². The van der Waals surface area contributed by atoms with Crippen molar-refractivity contribution in [3.8, 4) is 5.75 Å². The van der Waals surface area contributed by atoms with E-state index in [-0.39, 0.29) is 36.5 Å². The third kappa shape index (κ3) is 6.15. The smallest absolute Gasteiger partial charge is 0.455 e. The lowest BCUT2D eigenvalue weighted by molar-refractivity contribution is -0.384. The number of amides is 2. The van der Waals surface area contributed by atoms with Gasteiger partial charge in [-0.1, -0.05) is 28.1 Å². The lowest BCUT2D eigenvalue weighted by Gasteiger charge is -2.43. The molecule has 3 heterocycles. The Balaban J connectivity index is 1.34. The summed E-state index contributed by atoms with van der Waals surface area (Å²) in [5, 5.41) is 32.9. The van der Waals surface area contributed by atoms with Gasteiger partial charge in [-0.25, -0.2) is 4.90 Å². The quantitative estimate of drug-likeness (QED) is 0.0986. The molecule has 2 N–H and O–H groups in total. The Hall–Kier alpha value is -4.17. The number of aromatic hydroxyl groups is 1. The van der Waals surface area contributed by atoms with Crippen LogP contribution in [0.15, 0.2) is 82.5 Å². The number of benzene rings is 2. The molecule has 4 atom stereocenters. The third-order valence-corrected chi connectivity index (χ3v) is 9.41. The summed E-state index contributed by atoms with van der Waals surface area (Å²) in [6, 6.07) is 16.2. The number of nitro groups is 1. The Morgan fingerprint density at radius 1 is 1.17 bits per heavy atom. The number of phenolic OH excluding ortho intramolecular Hbond substituents is 1. The van der Waals surface area contributed by atoms with Gasteiger partial charge in [-0.15, -0.1) is 0 Å². The Bertz CT molecular complexity index is 1750. The van der Waals surface area contributed by atoms with Crippen LogP contribution in [0.1, 0.15) is 30.5 Å². The first-order valence-corrected chi connectivity index (χ1v) is 15.7. The fourth-order valence-corrected chi connectivity index (χ4v) is 7.39. The van der Waals surface area contributed by atoms with Crippen LogP contribution in [0.25, 0.3) is 11.6 Å². The molecule has 1 aliphatic carbocycles. The minimum absolute atomic E-state index is 0.113. The molecule has 3 aromatic rings. The summed E-state index contributed by atoms with van der Waals surface area (Å²) < 4.78 is 12.5. The molecule has 2 aromatic carbocycles. The summed E-state index contributed by atoms with van der Waals surface area (Å²) in [5.74, 6) is -2.69. The van der Waals surface area contributed by atoms with Crippen molar-refractivity contribution < 1.29 is 34.0 Å². The van der Waals surface area contributed by atoms with E-state index in [0.29, 0.717) is 24.1 Å². The number of imide groups is 1. The number of fused-ring (bicyclic) bond motifs is 3. The average molecular weight is 688 g/mol. The second kappa shape index (κ2) is 13.3. The van der Waals surface area contributed by atoms with Gasteiger partial charge in [0.25, 0.3) is 5.69 Å². The van der Waals surface area contributed by atoms with Gasteiger partial charge in [-0.3, -0.25) is 24.7 Å². The van der Waals surface area contributed by atoms with Crippen LogP contribution in [0, 0.1) is 27.9 Å². The standard InChI is InChI=1S/C33H31BBrN3O8/c1-45-18-21-15-25-31(33(41)37(32(25)40)23-5-4-6-24(16-23)38(43)44)26-17-34(42)46-29(30(21)26)11-8-19(27-7-2-3-12-36-27)13-20-14-22(35)9-10-28(20)39/h2-7,9-10,12-14,16,25-26,29,31,39,42H,8,11,15,17-18H2,1H3/b19-13-/t25-,26+,29-,31-/m1/s1. The topological polar surface area (TPSA) is 152 Å². The van der Waals surface area contributed by atoms with Crippen molar-refractivity contribution >= 4 is 57.9 Å². The van der Waals surface area contributed by atoms with Gasteiger partial charge >= 0.3 is 7.12 Å². The molecule has 11 nitrogen and oxygen atoms in total. The van der Waals surface area contributed by atoms with Crippen LogP contribution in [0.5, 0.6) is 5.75 Å². The highest BCUT2D eigenvalue weighted by atomic mass is 79.9. The molecule has 2 aliphatic heterocycles. The summed E-state index contributed by atoms with van der Waals surface area (Å²) in [6.45, 7) is 0.220. The number of phenols is 1. The van der Waals surface area contributed by atoms with Crippen molar-refractivity contribution in [2.24, 2.45) is 17.8 Å². The van der Waals surface area contributed by atoms with Gasteiger partial charge in [0.05, 0.1) is 40.9 Å². The summed E-state index contributed by atoms with van der Waals surface area (Å²) in [6.07, 6.45) is 4.24. The number of methoxy groups -OCH3 is 1. The van der Waals surface area contributed by atoms with Gasteiger partial charge < -0.3 is 19.5 Å². The number of aromatic nitrogens is 1. The van der Waals surface area contributed by atoms with E-state index >= 15 is 0 Å². The molecule has 2 amide bonds. The number of hydrogen-bond acceptors (Lipinski definition) is 9. The number of rotatable bonds is 9. The molecule has 0 bridgehead atoms. The Morgan fingerprint density at radius 3 is 2.74 bits per heavy atom. The van der Waals surface area contributed by atoms with Crippen molar-refractivity contribution in [1.29, 1.82) is 0 Å². The molecule has 2 saturated heterocycles. The molecule has 1 aromatic heterocycles. The number of ether oxygens (including phenoxy) is 1. The number of pyridine rings is 1. The first-order chi connectivity index (χ1) is 22.2. The highest BCUT2D eigenvalue weighted by molar-refractivity contribution is 9.10. The molecule has 0 spiro atoms. The zero-order valence-electron chi connectivity index (χ0n) is 24.9. The highest BCUT2D eigenvalue weighted by Crippen LogP contribution is 2.51. The van der Waals surface area contributed by atoms with Gasteiger partial charge in [0, 0.05) is 35.5 Å². The summed E-state index contributed by atoms with van der Waals surface area (Å²) >= 11 is 3.46. The number of carbonyl (C=O) groups excluding carboxylic acids is 2. The van der Waals surface area contributed by atoms with Crippen LogP contribution in [-0.4, -0.2) is 58.8 Å². The number of allylic oxidation sites excluding steroid dienone is 1. The average Bonchev–Trinajstić information content (AvgIpc) is 3.30. The first kappa shape index (κ1) is 31.8. The monoisotopic (exact) mass is 687 g/mol. The molecule has 0 radical (unpaired) electrons. The molecule has 46 heavy (non-hydrogen) atoms. The van der Waals surface area contributed by atoms with E-state index in [9.17, 15) is 29.8 Å². The molecule has 0 unspecified atom stereocenters. The fraction of sp³-hybridized carbons (Fsp3) is 0.303. The summed E-state index contributed by atoms with van der Waals surface area (Å²) in [7, 11) is 0.387. The van der Waals surface area contributed by atoms with E-state index in [1.54, 1.807) is 25.4 Å². The minimum atomic E-state index is -1.17. The Kier molecular flexibility index (Phi) is 9.19. The Morgan fingerprint density at radius 2 is 2.00 bits per heavy atom. The zero-order chi connectivity index (χ0) is 32.5. The van der Waals surface area contributed by atoms with Crippen LogP contribution >= 0.6 is 15.9 Å². The maximum atomic E-state index is 14.0. The van der Waals surface area contributed by atoms with Gasteiger partial charge in [-0.05, 0) is 90.7 Å². The molecular formula is C33H31BBrN3O8. The Labute approximate surface area is 274 Å². The second-order valence-corrected chi connectivity index (χ2v) is 12.6. The van der Waals surface area contributed by atoms with Crippen LogP contribution < -0.4 is 4.90 Å². The molecule has 236 valence electrons. The fourth-order valence-electron chi connectivity index (χ4n) is 7.01. The van der Waals surface area contributed by atoms with Crippen molar-refractivity contribution in [3.63, 3.8) is 0 Å². The van der Waals surface area contributed by atoms with E-state index < -0.39 is 47.7 Å². The lowest BCUT2D eigenvalue weighted by Crippen LogP contribution is -2.46. The van der Waals surface area contributed by atoms with Crippen LogP contribution in [-0.2, 0) is 19.0 Å². The van der Waals surface area contributed by atoms with E-state index in [1.165, 1.54) is 24.3 Å². The van der Waals surface area contributed by atoms with Crippen molar-refractivity contribution in [3.05, 3.63) is 104 Å². The first-order valence-electron chi connectivity index (χ1n) is 14.9. The number of nitrogens with zero attached hydrogens (tertiary/aromatic N) is 3. The number of halogens is 1. The maximum absolute atomic E-state index is 14.0. The maximum Gasteiger partial charge on any atom is 0.455 e. The number of anilines is 1. The summed E-state index contributed by atoms with van der Waals surface area (Å²) in [5.41, 5.74) is 3.78. The van der Waals surface area contributed by atoms with Gasteiger partial charge in [0.1, 0.15) is 5.75 Å². The minimum Gasteiger partial charge on any atom is -0.507 e. The third-order valence-electron chi connectivity index (χ3n) is 8.91. The van der Waals surface area contributed by atoms with Crippen LogP contribution in [0.4, 0.5) is 11.4 Å². The van der Waals surface area contributed by atoms with Crippen LogP contribution in [0.3, 0.4) is 0 Å². The molecule has 6 rings (SSSR count). The lowest BCUT2D eigenvalue weighted by atomic mass is 9.58. The second-order valence-electron chi connectivity index (χ2n) is 11.7. The number of non-ortho nitro benzene ring substituents is 1. The van der Waals surface area contributed by atoms with Gasteiger partial charge in [0.15, 0.2) is 0 Å². The molecule has 13 heteroatoms. The number of hydrogen-bond donors (Lipinski definition) is 2. The predicted molar refractivity (Wildman–Crippen MR) is 174 cm³/mol. The van der Waals surface area contributed by atoms with E-state index in [0.717, 1.165) is 26.1 Å². The number of nitro benzene ring substituents is 1. The van der Waals surface area contributed by atoms with E-state index in [2.05, 4.69) is 20.9 Å². The van der Waals surface area contributed by atoms with Crippen molar-refractivity contribution in [2.45, 2.75) is 31.7 Å².